The van der Waals surface area contributed by atoms with Gasteiger partial charge in [-0.3, -0.25) is 4.79 Å². The maximum atomic E-state index is 12.2. The Morgan fingerprint density at radius 2 is 2.18 bits per heavy atom. The van der Waals surface area contributed by atoms with Crippen molar-refractivity contribution in [3.8, 4) is 11.4 Å². The highest BCUT2D eigenvalue weighted by Gasteiger charge is 2.29. The third-order valence-corrected chi connectivity index (χ3v) is 4.15. The quantitative estimate of drug-likeness (QED) is 0.830. The Labute approximate surface area is 132 Å². The molecule has 0 radical (unpaired) electrons. The summed E-state index contributed by atoms with van der Waals surface area (Å²) in [6.07, 6.45) is 3.06. The lowest BCUT2D eigenvalue weighted by Crippen LogP contribution is -2.50. The molecule has 1 aliphatic heterocycles. The van der Waals surface area contributed by atoms with Gasteiger partial charge in [0.05, 0.1) is 30.1 Å². The van der Waals surface area contributed by atoms with Crippen LogP contribution in [0.5, 0.6) is 0 Å². The molecule has 7 nitrogen and oxygen atoms in total. The van der Waals surface area contributed by atoms with Crippen molar-refractivity contribution in [2.24, 2.45) is 0 Å². The normalized spacial score (nSPS) is 21.9. The van der Waals surface area contributed by atoms with Crippen LogP contribution in [0.25, 0.3) is 11.4 Å². The van der Waals surface area contributed by atoms with Gasteiger partial charge in [0.15, 0.2) is 0 Å². The SMILES string of the molecule is C[C@@H]1[C@@H](C)OCCN1c1nc(-c2ccncn2)cc(=O)n1Cl. The largest absolute Gasteiger partial charge is 0.375 e. The van der Waals surface area contributed by atoms with E-state index in [-0.39, 0.29) is 17.7 Å². The number of aromatic nitrogens is 4. The Balaban J connectivity index is 2.08. The van der Waals surface area contributed by atoms with Gasteiger partial charge in [0.25, 0.3) is 5.56 Å². The molecule has 0 amide bonds. The summed E-state index contributed by atoms with van der Waals surface area (Å²) in [5.41, 5.74) is 0.719. The third-order valence-electron chi connectivity index (χ3n) is 3.83. The minimum absolute atomic E-state index is 0.0324. The molecule has 0 bridgehead atoms. The summed E-state index contributed by atoms with van der Waals surface area (Å²) in [5, 5.41) is 0. The van der Waals surface area contributed by atoms with Crippen LogP contribution in [0.1, 0.15) is 13.8 Å². The first-order valence-corrected chi connectivity index (χ1v) is 7.36. The topological polar surface area (TPSA) is 73.1 Å². The zero-order valence-electron chi connectivity index (χ0n) is 12.3. The summed E-state index contributed by atoms with van der Waals surface area (Å²) < 4.78 is 6.65. The second-order valence-corrected chi connectivity index (χ2v) is 5.50. The van der Waals surface area contributed by atoms with Crippen molar-refractivity contribution in [3.63, 3.8) is 0 Å². The minimum Gasteiger partial charge on any atom is -0.375 e. The Kier molecular flexibility index (Phi) is 4.08. The molecule has 0 aromatic carbocycles. The van der Waals surface area contributed by atoms with Gasteiger partial charge in [0.1, 0.15) is 6.33 Å². The molecule has 0 N–H and O–H groups in total. The molecule has 3 rings (SSSR count). The molecule has 1 fully saturated rings. The second-order valence-electron chi connectivity index (χ2n) is 5.16. The third kappa shape index (κ3) is 2.69. The molecule has 2 aromatic heterocycles. The summed E-state index contributed by atoms with van der Waals surface area (Å²) >= 11 is 6.13. The number of ether oxygens (including phenoxy) is 1. The van der Waals surface area contributed by atoms with E-state index in [2.05, 4.69) is 15.0 Å². The van der Waals surface area contributed by atoms with Crippen molar-refractivity contribution in [1.82, 2.24) is 19.0 Å². The zero-order valence-corrected chi connectivity index (χ0v) is 13.1. The summed E-state index contributed by atoms with van der Waals surface area (Å²) in [7, 11) is 0. The van der Waals surface area contributed by atoms with E-state index in [1.54, 1.807) is 12.3 Å². The van der Waals surface area contributed by atoms with Crippen molar-refractivity contribution in [1.29, 1.82) is 0 Å². The van der Waals surface area contributed by atoms with Gasteiger partial charge in [-0.05, 0) is 19.9 Å². The molecule has 3 heterocycles. The van der Waals surface area contributed by atoms with Crippen molar-refractivity contribution in [3.05, 3.63) is 35.0 Å². The minimum atomic E-state index is -0.341. The van der Waals surface area contributed by atoms with Gasteiger partial charge in [0.2, 0.25) is 5.95 Å². The Hall–Kier alpha value is -1.99. The molecule has 1 saturated heterocycles. The van der Waals surface area contributed by atoms with E-state index < -0.39 is 0 Å². The highest BCUT2D eigenvalue weighted by Crippen LogP contribution is 2.23. The van der Waals surface area contributed by atoms with E-state index in [0.717, 1.165) is 4.09 Å². The zero-order chi connectivity index (χ0) is 15.7. The maximum Gasteiger partial charge on any atom is 0.270 e. The standard InChI is InChI=1S/C14H16ClN5O2/c1-9-10(2)22-6-5-19(9)14-18-12(7-13(21)20(14)15)11-3-4-16-8-17-11/h3-4,7-10H,5-6H2,1-2H3/t9-,10-/m1/s1. The van der Waals surface area contributed by atoms with Crippen LogP contribution < -0.4 is 10.5 Å². The first-order valence-electron chi connectivity index (χ1n) is 7.03. The van der Waals surface area contributed by atoms with Crippen LogP contribution in [0.4, 0.5) is 5.95 Å². The monoisotopic (exact) mass is 321 g/mol. The first kappa shape index (κ1) is 14.9. The van der Waals surface area contributed by atoms with Crippen LogP contribution in [-0.4, -0.2) is 44.3 Å². The van der Waals surface area contributed by atoms with Gasteiger partial charge in [0, 0.05) is 30.6 Å². The Morgan fingerprint density at radius 1 is 1.36 bits per heavy atom. The lowest BCUT2D eigenvalue weighted by molar-refractivity contribution is 0.0276. The van der Waals surface area contributed by atoms with Crippen molar-refractivity contribution in [2.75, 3.05) is 18.1 Å². The van der Waals surface area contributed by atoms with Crippen LogP contribution in [0.2, 0.25) is 0 Å². The molecule has 1 aliphatic rings. The first-order chi connectivity index (χ1) is 10.6. The number of rotatable bonds is 2. The van der Waals surface area contributed by atoms with E-state index in [1.165, 1.54) is 12.4 Å². The van der Waals surface area contributed by atoms with Crippen LogP contribution in [-0.2, 0) is 4.74 Å². The van der Waals surface area contributed by atoms with Crippen molar-refractivity contribution >= 4 is 17.7 Å². The summed E-state index contributed by atoms with van der Waals surface area (Å²) in [4.78, 5) is 26.7. The smallest absolute Gasteiger partial charge is 0.270 e. The van der Waals surface area contributed by atoms with Gasteiger partial charge in [-0.25, -0.2) is 15.0 Å². The van der Waals surface area contributed by atoms with E-state index >= 15 is 0 Å². The predicted octanol–water partition coefficient (Wildman–Crippen LogP) is 1.32. The highest BCUT2D eigenvalue weighted by atomic mass is 35.5. The Bertz CT molecular complexity index is 721. The molecule has 0 unspecified atom stereocenters. The number of morpholine rings is 1. The second kappa shape index (κ2) is 6.02. The molecule has 22 heavy (non-hydrogen) atoms. The molecule has 0 saturated carbocycles. The number of anilines is 1. The van der Waals surface area contributed by atoms with Gasteiger partial charge in [-0.2, -0.15) is 4.09 Å². The number of hydrogen-bond donors (Lipinski definition) is 0. The fourth-order valence-corrected chi connectivity index (χ4v) is 2.61. The van der Waals surface area contributed by atoms with Gasteiger partial charge >= 0.3 is 0 Å². The van der Waals surface area contributed by atoms with E-state index in [9.17, 15) is 4.79 Å². The molecule has 8 heteroatoms. The van der Waals surface area contributed by atoms with Gasteiger partial charge in [-0.1, -0.05) is 0 Å². The predicted molar refractivity (Wildman–Crippen MR) is 83.0 cm³/mol. The van der Waals surface area contributed by atoms with Crippen LogP contribution in [0.15, 0.2) is 29.5 Å². The van der Waals surface area contributed by atoms with Crippen LogP contribution in [0, 0.1) is 0 Å². The lowest BCUT2D eigenvalue weighted by Gasteiger charge is -2.38. The fraction of sp³-hybridized carbons (Fsp3) is 0.429. The van der Waals surface area contributed by atoms with Crippen LogP contribution in [0.3, 0.4) is 0 Å². The maximum absolute atomic E-state index is 12.2. The van der Waals surface area contributed by atoms with Gasteiger partial charge in [-0.15, -0.1) is 0 Å². The van der Waals surface area contributed by atoms with Crippen molar-refractivity contribution in [2.45, 2.75) is 26.0 Å². The van der Waals surface area contributed by atoms with E-state index in [1.807, 2.05) is 18.7 Å². The fourth-order valence-electron chi connectivity index (χ4n) is 2.42. The van der Waals surface area contributed by atoms with E-state index in [0.29, 0.717) is 30.5 Å². The van der Waals surface area contributed by atoms with Gasteiger partial charge < -0.3 is 9.64 Å². The molecule has 0 aliphatic carbocycles. The highest BCUT2D eigenvalue weighted by molar-refractivity contribution is 6.16. The molecule has 2 aromatic rings. The summed E-state index contributed by atoms with van der Waals surface area (Å²) in [6.45, 7) is 5.19. The lowest BCUT2D eigenvalue weighted by atomic mass is 10.1. The summed E-state index contributed by atoms with van der Waals surface area (Å²) in [6, 6.07) is 3.13. The van der Waals surface area contributed by atoms with Crippen molar-refractivity contribution < 1.29 is 4.74 Å². The van der Waals surface area contributed by atoms with E-state index in [4.69, 9.17) is 16.5 Å². The molecule has 0 spiro atoms. The average Bonchev–Trinajstić information content (AvgIpc) is 2.54. The molecule has 2 atom stereocenters. The number of nitrogens with zero attached hydrogens (tertiary/aromatic N) is 5. The molecule has 116 valence electrons. The average molecular weight is 322 g/mol. The molecular weight excluding hydrogens is 306 g/mol. The number of hydrogen-bond acceptors (Lipinski definition) is 6. The Morgan fingerprint density at radius 3 is 2.91 bits per heavy atom. The summed E-state index contributed by atoms with van der Waals surface area (Å²) in [5.74, 6) is 0.408. The molecular formula is C14H16ClN5O2. The number of halogens is 1. The van der Waals surface area contributed by atoms with Crippen LogP contribution >= 0.6 is 11.8 Å².